The molecule has 0 radical (unpaired) electrons. The maximum atomic E-state index is 14.3. The quantitative estimate of drug-likeness (QED) is 0.152. The van der Waals surface area contributed by atoms with Gasteiger partial charge in [0.05, 0.1) is 32.3 Å². The van der Waals surface area contributed by atoms with E-state index in [1.807, 2.05) is 0 Å². The molecule has 0 saturated heterocycles. The topological polar surface area (TPSA) is 118 Å². The van der Waals surface area contributed by atoms with Gasteiger partial charge in [-0.15, -0.1) is 0 Å². The summed E-state index contributed by atoms with van der Waals surface area (Å²) in [6, 6.07) is 8.15. The Bertz CT molecular complexity index is 1150. The summed E-state index contributed by atoms with van der Waals surface area (Å²) < 4.78 is 71.8. The first-order valence-electron chi connectivity index (χ1n) is 9.88. The van der Waals surface area contributed by atoms with Crippen LogP contribution in [0.3, 0.4) is 0 Å². The second-order valence-corrected chi connectivity index (χ2v) is 8.34. The molecule has 0 saturated carbocycles. The van der Waals surface area contributed by atoms with Crippen LogP contribution in [0.2, 0.25) is 0 Å². The number of benzene rings is 2. The molecule has 0 fully saturated rings. The van der Waals surface area contributed by atoms with E-state index >= 15 is 0 Å². The molecule has 0 heterocycles. The van der Waals surface area contributed by atoms with Gasteiger partial charge in [0.2, 0.25) is 5.82 Å². The molecule has 0 bridgehead atoms. The Labute approximate surface area is 195 Å². The van der Waals surface area contributed by atoms with Gasteiger partial charge in [0.15, 0.2) is 17.5 Å². The number of nitrogens with zero attached hydrogens (tertiary/aromatic N) is 1. The molecule has 0 amide bonds. The molecule has 0 aliphatic carbocycles. The summed E-state index contributed by atoms with van der Waals surface area (Å²) in [6.07, 6.45) is 0.867. The number of aliphatic imine (C=N–C) groups is 1. The number of esters is 2. The third kappa shape index (κ3) is 6.81. The molecule has 0 N–H and O–H groups in total. The summed E-state index contributed by atoms with van der Waals surface area (Å²) in [6.45, 7) is 1.10. The van der Waals surface area contributed by atoms with Crippen molar-refractivity contribution in [2.45, 2.75) is 18.2 Å². The van der Waals surface area contributed by atoms with Gasteiger partial charge in [0, 0.05) is 12.6 Å². The summed E-state index contributed by atoms with van der Waals surface area (Å²) in [5.41, 5.74) is 0.297. The van der Waals surface area contributed by atoms with Gasteiger partial charge in [-0.25, -0.2) is 4.39 Å². The van der Waals surface area contributed by atoms with Gasteiger partial charge < -0.3 is 14.2 Å². The Hall–Kier alpha value is -3.38. The lowest BCUT2D eigenvalue weighted by Gasteiger charge is -2.12. The fourth-order valence-electron chi connectivity index (χ4n) is 2.69. The van der Waals surface area contributed by atoms with Gasteiger partial charge in [-0.1, -0.05) is 18.2 Å². The minimum atomic E-state index is -4.00. The summed E-state index contributed by atoms with van der Waals surface area (Å²) >= 11 is 0. The first-order chi connectivity index (χ1) is 16.1. The van der Waals surface area contributed by atoms with E-state index in [0.29, 0.717) is 5.56 Å². The highest BCUT2D eigenvalue weighted by atomic mass is 32.2. The van der Waals surface area contributed by atoms with E-state index in [0.717, 1.165) is 32.6 Å². The predicted octanol–water partition coefficient (Wildman–Crippen LogP) is 3.11. The van der Waals surface area contributed by atoms with Crippen LogP contribution < -0.4 is 4.74 Å². The maximum absolute atomic E-state index is 14.3. The number of rotatable bonds is 11. The zero-order chi connectivity index (χ0) is 25.3. The van der Waals surface area contributed by atoms with Crippen LogP contribution >= 0.6 is 0 Å². The Kier molecular flexibility index (Phi) is 9.63. The van der Waals surface area contributed by atoms with Crippen molar-refractivity contribution in [1.82, 2.24) is 0 Å². The van der Waals surface area contributed by atoms with Crippen LogP contribution in [0.25, 0.3) is 0 Å². The number of hydrogen-bond donors (Lipinski definition) is 0. The molecular formula is C22H23F2NO8S. The standard InChI is InChI=1S/C22H23F2NO8S/c1-14-7-4-5-8-18(14)34(28,29)33-12-6-11-32-20-17(10-9-16(23)19(20)24)25-13-15(21(26)30-2)22(27)31-3/h4-5,7-10,13,15H,6,11-12H2,1-3H3. The molecule has 2 rings (SSSR count). The third-order valence-electron chi connectivity index (χ3n) is 4.44. The Morgan fingerprint density at radius 3 is 2.29 bits per heavy atom. The number of methoxy groups -OCH3 is 2. The normalized spacial score (nSPS) is 11.6. The van der Waals surface area contributed by atoms with Crippen molar-refractivity contribution in [1.29, 1.82) is 0 Å². The van der Waals surface area contributed by atoms with Crippen molar-refractivity contribution >= 4 is 34.0 Å². The highest BCUT2D eigenvalue weighted by Gasteiger charge is 2.27. The largest absolute Gasteiger partial charge is 0.488 e. The number of halogens is 2. The first-order valence-corrected chi connectivity index (χ1v) is 11.3. The lowest BCUT2D eigenvalue weighted by molar-refractivity contribution is -0.154. The van der Waals surface area contributed by atoms with Crippen LogP contribution in [-0.2, 0) is 33.4 Å². The van der Waals surface area contributed by atoms with Gasteiger partial charge >= 0.3 is 11.9 Å². The van der Waals surface area contributed by atoms with Crippen molar-refractivity contribution in [3.63, 3.8) is 0 Å². The second-order valence-electron chi connectivity index (χ2n) is 6.76. The summed E-state index contributed by atoms with van der Waals surface area (Å²) in [4.78, 5) is 27.4. The Morgan fingerprint density at radius 2 is 1.68 bits per heavy atom. The van der Waals surface area contributed by atoms with E-state index in [-0.39, 0.29) is 30.2 Å². The smallest absolute Gasteiger partial charge is 0.325 e. The fourth-order valence-corrected chi connectivity index (χ4v) is 3.86. The molecule has 0 atom stereocenters. The zero-order valence-electron chi connectivity index (χ0n) is 18.6. The molecule has 2 aromatic carbocycles. The number of hydrogen-bond acceptors (Lipinski definition) is 9. The average Bonchev–Trinajstić information content (AvgIpc) is 2.82. The third-order valence-corrected chi connectivity index (χ3v) is 5.91. The van der Waals surface area contributed by atoms with E-state index < -0.39 is 45.4 Å². The Morgan fingerprint density at radius 1 is 1.03 bits per heavy atom. The predicted molar refractivity (Wildman–Crippen MR) is 116 cm³/mol. The lowest BCUT2D eigenvalue weighted by atomic mass is 10.1. The number of ether oxygens (including phenoxy) is 3. The van der Waals surface area contributed by atoms with Crippen molar-refractivity contribution in [3.05, 3.63) is 53.6 Å². The number of carbonyl (C=O) groups excluding carboxylic acids is 2. The van der Waals surface area contributed by atoms with E-state index in [1.165, 1.54) is 6.07 Å². The highest BCUT2D eigenvalue weighted by molar-refractivity contribution is 7.86. The molecule has 0 aromatic heterocycles. The van der Waals surface area contributed by atoms with Crippen LogP contribution in [0.1, 0.15) is 12.0 Å². The molecule has 2 aromatic rings. The minimum Gasteiger partial charge on any atom is -0.488 e. The van der Waals surface area contributed by atoms with E-state index in [9.17, 15) is 26.8 Å². The summed E-state index contributed by atoms with van der Waals surface area (Å²) in [7, 11) is -1.89. The monoisotopic (exact) mass is 499 g/mol. The fraction of sp³-hybridized carbons (Fsp3) is 0.318. The van der Waals surface area contributed by atoms with Crippen LogP contribution in [0.15, 0.2) is 46.3 Å². The molecule has 12 heteroatoms. The highest BCUT2D eigenvalue weighted by Crippen LogP contribution is 2.32. The Balaban J connectivity index is 2.08. The second kappa shape index (κ2) is 12.2. The molecule has 184 valence electrons. The zero-order valence-corrected chi connectivity index (χ0v) is 19.4. The minimum absolute atomic E-state index is 0.0111. The molecule has 0 unspecified atom stereocenters. The maximum Gasteiger partial charge on any atom is 0.325 e. The van der Waals surface area contributed by atoms with E-state index in [1.54, 1.807) is 25.1 Å². The van der Waals surface area contributed by atoms with E-state index in [2.05, 4.69) is 14.5 Å². The van der Waals surface area contributed by atoms with Gasteiger partial charge in [0.1, 0.15) is 5.69 Å². The molecule has 0 spiro atoms. The lowest BCUT2D eigenvalue weighted by Crippen LogP contribution is -2.27. The number of aryl methyl sites for hydroxylation is 1. The van der Waals surface area contributed by atoms with Crippen molar-refractivity contribution in [2.75, 3.05) is 27.4 Å². The van der Waals surface area contributed by atoms with Gasteiger partial charge in [-0.3, -0.25) is 18.8 Å². The van der Waals surface area contributed by atoms with Crippen molar-refractivity contribution in [3.8, 4) is 5.75 Å². The SMILES string of the molecule is COC(=O)C(C=Nc1ccc(F)c(F)c1OCCCOS(=O)(=O)c1ccccc1C)C(=O)OC. The first kappa shape index (κ1) is 26.9. The average molecular weight is 499 g/mol. The van der Waals surface area contributed by atoms with Crippen molar-refractivity contribution in [2.24, 2.45) is 10.9 Å². The van der Waals surface area contributed by atoms with Gasteiger partial charge in [-0.05, 0) is 30.7 Å². The molecule has 0 aliphatic rings. The molecular weight excluding hydrogens is 476 g/mol. The van der Waals surface area contributed by atoms with Crippen LogP contribution in [0, 0.1) is 24.5 Å². The van der Waals surface area contributed by atoms with Crippen molar-refractivity contribution < 1.29 is 45.2 Å². The van der Waals surface area contributed by atoms with Crippen LogP contribution in [0.4, 0.5) is 14.5 Å². The molecule has 9 nitrogen and oxygen atoms in total. The summed E-state index contributed by atoms with van der Waals surface area (Å²) in [5.74, 6) is -6.62. The molecule has 34 heavy (non-hydrogen) atoms. The number of carbonyl (C=O) groups is 2. The van der Waals surface area contributed by atoms with Crippen LogP contribution in [0.5, 0.6) is 5.75 Å². The van der Waals surface area contributed by atoms with Gasteiger partial charge in [-0.2, -0.15) is 12.8 Å². The molecule has 0 aliphatic heterocycles. The van der Waals surface area contributed by atoms with E-state index in [4.69, 9.17) is 8.92 Å². The van der Waals surface area contributed by atoms with Gasteiger partial charge in [0.25, 0.3) is 10.1 Å². The van der Waals surface area contributed by atoms with Crippen LogP contribution in [-0.4, -0.2) is 54.0 Å². The summed E-state index contributed by atoms with van der Waals surface area (Å²) in [5, 5.41) is 0.